The molecule has 4 aromatic rings. The van der Waals surface area contributed by atoms with Gasteiger partial charge in [-0.25, -0.2) is 9.78 Å². The number of thioether (sulfide) groups is 1. The van der Waals surface area contributed by atoms with E-state index in [1.807, 2.05) is 4.57 Å². The number of hydrogen-bond donors (Lipinski definition) is 0. The van der Waals surface area contributed by atoms with E-state index in [2.05, 4.69) is 9.72 Å². The summed E-state index contributed by atoms with van der Waals surface area (Å²) in [5.41, 5.74) is 2.28. The van der Waals surface area contributed by atoms with Crippen LogP contribution in [-0.4, -0.2) is 28.7 Å². The molecule has 0 N–H and O–H groups in total. The fourth-order valence-corrected chi connectivity index (χ4v) is 4.58. The molecule has 0 spiro atoms. The van der Waals surface area contributed by atoms with Crippen LogP contribution in [-0.2, 0) is 23.2 Å². The highest BCUT2D eigenvalue weighted by Gasteiger charge is 2.30. The molecule has 0 bridgehead atoms. The molecule has 0 saturated carbocycles. The predicted molar refractivity (Wildman–Crippen MR) is 129 cm³/mol. The fourth-order valence-electron chi connectivity index (χ4n) is 3.61. The monoisotopic (exact) mass is 536 g/mol. The molecule has 0 aliphatic rings. The molecule has 0 amide bonds. The number of imidazole rings is 1. The van der Waals surface area contributed by atoms with Crippen molar-refractivity contribution in [2.75, 3.05) is 6.61 Å². The Bertz CT molecular complexity index is 1370. The van der Waals surface area contributed by atoms with Crippen molar-refractivity contribution in [1.29, 1.82) is 0 Å². The zero-order valence-electron chi connectivity index (χ0n) is 19.5. The van der Waals surface area contributed by atoms with Crippen molar-refractivity contribution in [1.82, 2.24) is 9.55 Å². The van der Waals surface area contributed by atoms with E-state index in [0.717, 1.165) is 17.7 Å². The maximum absolute atomic E-state index is 13.0. The number of aromatic nitrogens is 2. The van der Waals surface area contributed by atoms with Crippen LogP contribution in [0.5, 0.6) is 5.75 Å². The Hall–Kier alpha value is -3.60. The Morgan fingerprint density at radius 2 is 1.68 bits per heavy atom. The maximum Gasteiger partial charge on any atom is 0.416 e. The molecule has 0 fully saturated rings. The summed E-state index contributed by atoms with van der Waals surface area (Å²) in [5, 5.41) is 0.573. The van der Waals surface area contributed by atoms with E-state index in [0.29, 0.717) is 33.1 Å². The van der Waals surface area contributed by atoms with Gasteiger partial charge in [-0.3, -0.25) is 0 Å². The number of halogens is 5. The van der Waals surface area contributed by atoms with Gasteiger partial charge in [0, 0.05) is 5.75 Å². The lowest BCUT2D eigenvalue weighted by Gasteiger charge is -2.11. The van der Waals surface area contributed by atoms with Crippen molar-refractivity contribution in [2.24, 2.45) is 0 Å². The molecule has 3 aromatic carbocycles. The molecule has 1 aromatic heterocycles. The quantitative estimate of drug-likeness (QED) is 0.129. The molecule has 0 atom stereocenters. The zero-order chi connectivity index (χ0) is 26.6. The number of alkyl halides is 5. The molecule has 0 radical (unpaired) electrons. The first-order valence-corrected chi connectivity index (χ1v) is 12.1. The molecule has 194 valence electrons. The first-order valence-electron chi connectivity index (χ1n) is 11.1. The number of carbonyl (C=O) groups excluding carboxylic acids is 1. The fraction of sp³-hybridized carbons (Fsp3) is 0.231. The highest BCUT2D eigenvalue weighted by molar-refractivity contribution is 7.98. The van der Waals surface area contributed by atoms with Gasteiger partial charge in [0.05, 0.1) is 35.3 Å². The summed E-state index contributed by atoms with van der Waals surface area (Å²) < 4.78 is 75.0. The van der Waals surface area contributed by atoms with Gasteiger partial charge in [-0.2, -0.15) is 22.0 Å². The first kappa shape index (κ1) is 26.5. The molecule has 1 heterocycles. The van der Waals surface area contributed by atoms with Crippen molar-refractivity contribution in [3.05, 3.63) is 89.0 Å². The summed E-state index contributed by atoms with van der Waals surface area (Å²) >= 11 is 1.36. The van der Waals surface area contributed by atoms with E-state index in [1.54, 1.807) is 37.3 Å². The molecule has 11 heteroatoms. The average molecular weight is 537 g/mol. The number of nitrogens with zero attached hydrogens (tertiary/aromatic N) is 2. The van der Waals surface area contributed by atoms with Crippen LogP contribution < -0.4 is 4.74 Å². The van der Waals surface area contributed by atoms with Gasteiger partial charge in [0.15, 0.2) is 5.16 Å². The van der Waals surface area contributed by atoms with Crippen molar-refractivity contribution in [3.8, 4) is 5.75 Å². The predicted octanol–water partition coefficient (Wildman–Crippen LogP) is 7.17. The standard InChI is InChI=1S/C26H21F5N2O3S/c1-2-35-23(34)18-7-12-22-21(13-18)32-25(37-15-17-5-10-20(11-6-17)36-24(27)28)33(22)14-16-3-8-19(9-4-16)26(29,30)31/h3-13,24H,2,14-15H2,1H3. The third-order valence-electron chi connectivity index (χ3n) is 5.36. The van der Waals surface area contributed by atoms with E-state index < -0.39 is 24.3 Å². The van der Waals surface area contributed by atoms with Crippen LogP contribution in [0.4, 0.5) is 22.0 Å². The Kier molecular flexibility index (Phi) is 8.01. The van der Waals surface area contributed by atoms with Crippen molar-refractivity contribution < 1.29 is 36.2 Å². The van der Waals surface area contributed by atoms with Gasteiger partial charge < -0.3 is 14.0 Å². The molecular formula is C26H21F5N2O3S. The second-order valence-electron chi connectivity index (χ2n) is 7.91. The maximum atomic E-state index is 13.0. The summed E-state index contributed by atoms with van der Waals surface area (Å²) in [6, 6.07) is 16.0. The minimum atomic E-state index is -4.43. The topological polar surface area (TPSA) is 53.4 Å². The van der Waals surface area contributed by atoms with Crippen LogP contribution >= 0.6 is 11.8 Å². The Balaban J connectivity index is 1.63. The Labute approximate surface area is 213 Å². The molecular weight excluding hydrogens is 515 g/mol. The second kappa shape index (κ2) is 11.2. The summed E-state index contributed by atoms with van der Waals surface area (Å²) in [5.74, 6) is 0.00234. The van der Waals surface area contributed by atoms with Gasteiger partial charge in [-0.1, -0.05) is 36.0 Å². The van der Waals surface area contributed by atoms with Gasteiger partial charge in [0.2, 0.25) is 0 Å². The number of hydrogen-bond acceptors (Lipinski definition) is 5. The van der Waals surface area contributed by atoms with Crippen LogP contribution in [0.15, 0.2) is 71.9 Å². The zero-order valence-corrected chi connectivity index (χ0v) is 20.3. The van der Waals surface area contributed by atoms with Crippen LogP contribution in [0, 0.1) is 0 Å². The highest BCUT2D eigenvalue weighted by atomic mass is 32.2. The molecule has 37 heavy (non-hydrogen) atoms. The lowest BCUT2D eigenvalue weighted by molar-refractivity contribution is -0.137. The van der Waals surface area contributed by atoms with Gasteiger partial charge in [0.25, 0.3) is 0 Å². The number of rotatable bonds is 9. The lowest BCUT2D eigenvalue weighted by Crippen LogP contribution is -2.06. The smallest absolute Gasteiger partial charge is 0.416 e. The third-order valence-corrected chi connectivity index (χ3v) is 6.41. The molecule has 0 saturated heterocycles. The number of fused-ring (bicyclic) bond motifs is 1. The van der Waals surface area contributed by atoms with Crippen molar-refractivity contribution in [3.63, 3.8) is 0 Å². The molecule has 0 aliphatic carbocycles. The summed E-state index contributed by atoms with van der Waals surface area (Å²) in [7, 11) is 0. The summed E-state index contributed by atoms with van der Waals surface area (Å²) in [4.78, 5) is 16.8. The molecule has 4 rings (SSSR count). The van der Waals surface area contributed by atoms with Crippen LogP contribution in [0.2, 0.25) is 0 Å². The van der Waals surface area contributed by atoms with Gasteiger partial charge in [-0.05, 0) is 60.5 Å². The number of ether oxygens (including phenoxy) is 2. The highest BCUT2D eigenvalue weighted by Crippen LogP contribution is 2.31. The van der Waals surface area contributed by atoms with Crippen LogP contribution in [0.3, 0.4) is 0 Å². The number of esters is 1. The van der Waals surface area contributed by atoms with E-state index in [1.165, 1.54) is 36.0 Å². The SMILES string of the molecule is CCOC(=O)c1ccc2c(c1)nc(SCc1ccc(OC(F)F)cc1)n2Cc1ccc(C(F)(F)F)cc1. The van der Waals surface area contributed by atoms with Crippen molar-refractivity contribution in [2.45, 2.75) is 37.2 Å². The molecule has 5 nitrogen and oxygen atoms in total. The molecule has 0 aliphatic heterocycles. The first-order chi connectivity index (χ1) is 17.6. The number of benzene rings is 3. The van der Waals surface area contributed by atoms with Crippen LogP contribution in [0.25, 0.3) is 11.0 Å². The van der Waals surface area contributed by atoms with E-state index in [9.17, 15) is 26.7 Å². The minimum Gasteiger partial charge on any atom is -0.462 e. The van der Waals surface area contributed by atoms with Crippen molar-refractivity contribution >= 4 is 28.8 Å². The van der Waals surface area contributed by atoms with Gasteiger partial charge in [0.1, 0.15) is 5.75 Å². The van der Waals surface area contributed by atoms with E-state index >= 15 is 0 Å². The summed E-state index contributed by atoms with van der Waals surface area (Å²) in [6.45, 7) is -0.737. The average Bonchev–Trinajstić information content (AvgIpc) is 3.19. The third kappa shape index (κ3) is 6.59. The largest absolute Gasteiger partial charge is 0.462 e. The minimum absolute atomic E-state index is 0.0461. The second-order valence-corrected chi connectivity index (χ2v) is 8.85. The van der Waals surface area contributed by atoms with Crippen LogP contribution in [0.1, 0.15) is 34.0 Å². The Morgan fingerprint density at radius 1 is 1.00 bits per heavy atom. The number of carbonyl (C=O) groups is 1. The van der Waals surface area contributed by atoms with E-state index in [-0.39, 0.29) is 18.9 Å². The normalized spacial score (nSPS) is 11.8. The summed E-state index contributed by atoms with van der Waals surface area (Å²) in [6.07, 6.45) is -4.43. The lowest BCUT2D eigenvalue weighted by atomic mass is 10.1. The van der Waals surface area contributed by atoms with E-state index in [4.69, 9.17) is 4.74 Å². The molecule has 0 unspecified atom stereocenters. The Morgan fingerprint density at radius 3 is 2.30 bits per heavy atom. The van der Waals surface area contributed by atoms with Gasteiger partial charge >= 0.3 is 18.8 Å². The van der Waals surface area contributed by atoms with Gasteiger partial charge in [-0.15, -0.1) is 0 Å².